The van der Waals surface area contributed by atoms with Gasteiger partial charge in [0.1, 0.15) is 11.4 Å². The Balaban J connectivity index is 2.10. The predicted molar refractivity (Wildman–Crippen MR) is 103 cm³/mol. The van der Waals surface area contributed by atoms with Crippen LogP contribution in [0.2, 0.25) is 5.02 Å². The molecule has 0 unspecified atom stereocenters. The molecule has 0 bridgehead atoms. The number of hydrogen-bond donors (Lipinski definition) is 3. The highest BCUT2D eigenvalue weighted by molar-refractivity contribution is 6.30. The fourth-order valence-electron chi connectivity index (χ4n) is 2.64. The van der Waals surface area contributed by atoms with Crippen molar-refractivity contribution >= 4 is 29.0 Å². The number of benzene rings is 2. The van der Waals surface area contributed by atoms with Crippen LogP contribution in [0.15, 0.2) is 59.4 Å². The Morgan fingerprint density at radius 1 is 0.967 bits per heavy atom. The Bertz CT molecular complexity index is 1190. The Labute approximate surface area is 171 Å². The first kappa shape index (κ1) is 21.1. The van der Waals surface area contributed by atoms with E-state index in [4.69, 9.17) is 11.6 Å². The van der Waals surface area contributed by atoms with Gasteiger partial charge in [-0.15, -0.1) is 0 Å². The van der Waals surface area contributed by atoms with E-state index in [1.165, 1.54) is 48.5 Å². The maximum atomic E-state index is 13.4. The summed E-state index contributed by atoms with van der Waals surface area (Å²) in [6.45, 7) is 0. The normalized spacial score (nSPS) is 11.2. The van der Waals surface area contributed by atoms with Crippen molar-refractivity contribution in [2.45, 2.75) is 6.18 Å². The second kappa shape index (κ2) is 8.03. The monoisotopic (exact) mass is 436 g/mol. The van der Waals surface area contributed by atoms with Gasteiger partial charge in [-0.1, -0.05) is 23.7 Å². The van der Waals surface area contributed by atoms with Crippen LogP contribution in [0.25, 0.3) is 0 Å². The lowest BCUT2D eigenvalue weighted by Crippen LogP contribution is -2.28. The zero-order chi connectivity index (χ0) is 22.1. The zero-order valence-corrected chi connectivity index (χ0v) is 15.6. The third-order valence-electron chi connectivity index (χ3n) is 4.06. The highest BCUT2D eigenvalue weighted by Crippen LogP contribution is 2.31. The van der Waals surface area contributed by atoms with Crippen LogP contribution in [0.3, 0.4) is 0 Å². The van der Waals surface area contributed by atoms with Gasteiger partial charge in [-0.25, -0.2) is 0 Å². The lowest BCUT2D eigenvalue weighted by Gasteiger charge is -2.14. The second-order valence-electron chi connectivity index (χ2n) is 6.11. The number of H-pyrrole nitrogens is 1. The average molecular weight is 437 g/mol. The van der Waals surface area contributed by atoms with Crippen LogP contribution in [0.4, 0.5) is 18.9 Å². The number of ketones is 1. The maximum Gasteiger partial charge on any atom is 0.432 e. The summed E-state index contributed by atoms with van der Waals surface area (Å²) in [5, 5.41) is 12.4. The van der Waals surface area contributed by atoms with E-state index in [9.17, 15) is 32.7 Å². The van der Waals surface area contributed by atoms with Gasteiger partial charge < -0.3 is 15.4 Å². The number of para-hydroxylation sites is 1. The molecule has 10 heteroatoms. The molecule has 0 saturated carbocycles. The summed E-state index contributed by atoms with van der Waals surface area (Å²) >= 11 is 5.74. The molecule has 0 fully saturated rings. The van der Waals surface area contributed by atoms with Gasteiger partial charge in [-0.2, -0.15) is 13.2 Å². The highest BCUT2D eigenvalue weighted by Gasteiger charge is 2.38. The molecule has 0 saturated heterocycles. The molecule has 3 rings (SSSR count). The number of aromatic amines is 1. The third kappa shape index (κ3) is 4.36. The molecule has 0 atom stereocenters. The molecule has 30 heavy (non-hydrogen) atoms. The summed E-state index contributed by atoms with van der Waals surface area (Å²) < 4.78 is 40.2. The molecule has 3 N–H and O–H groups in total. The van der Waals surface area contributed by atoms with E-state index < -0.39 is 46.0 Å². The number of hydrogen-bond acceptors (Lipinski definition) is 4. The summed E-state index contributed by atoms with van der Waals surface area (Å²) in [6, 6.07) is 11.3. The Kier molecular flexibility index (Phi) is 5.66. The molecule has 3 aromatic rings. The first-order valence-electron chi connectivity index (χ1n) is 8.32. The number of amides is 1. The van der Waals surface area contributed by atoms with E-state index in [-0.39, 0.29) is 11.3 Å². The minimum absolute atomic E-state index is 0.150. The molecule has 2 aromatic carbocycles. The van der Waals surface area contributed by atoms with Gasteiger partial charge in [0.25, 0.3) is 11.5 Å². The van der Waals surface area contributed by atoms with Crippen molar-refractivity contribution in [3.8, 4) is 5.75 Å². The van der Waals surface area contributed by atoms with Crippen molar-refractivity contribution in [2.75, 3.05) is 5.32 Å². The maximum absolute atomic E-state index is 13.4. The van der Waals surface area contributed by atoms with Crippen LogP contribution in [-0.4, -0.2) is 21.8 Å². The van der Waals surface area contributed by atoms with Crippen molar-refractivity contribution in [3.05, 3.63) is 92.4 Å². The average Bonchev–Trinajstić information content (AvgIpc) is 2.68. The van der Waals surface area contributed by atoms with Crippen LogP contribution < -0.4 is 10.9 Å². The smallest absolute Gasteiger partial charge is 0.432 e. The lowest BCUT2D eigenvalue weighted by molar-refractivity contribution is -0.141. The molecule has 6 nitrogen and oxygen atoms in total. The number of nitrogens with one attached hydrogen (secondary N) is 2. The van der Waals surface area contributed by atoms with Crippen molar-refractivity contribution < 1.29 is 27.9 Å². The molecule has 1 amide bonds. The number of carbonyl (C=O) groups is 2. The number of pyridine rings is 1. The Morgan fingerprint density at radius 2 is 1.60 bits per heavy atom. The van der Waals surface area contributed by atoms with Crippen LogP contribution in [0.1, 0.15) is 32.0 Å². The highest BCUT2D eigenvalue weighted by atomic mass is 35.5. The number of alkyl halides is 3. The van der Waals surface area contributed by atoms with Gasteiger partial charge in [-0.3, -0.25) is 14.4 Å². The van der Waals surface area contributed by atoms with Gasteiger partial charge in [0.15, 0.2) is 0 Å². The van der Waals surface area contributed by atoms with E-state index in [0.29, 0.717) is 11.1 Å². The molecule has 1 heterocycles. The van der Waals surface area contributed by atoms with Gasteiger partial charge in [-0.05, 0) is 42.5 Å². The lowest BCUT2D eigenvalue weighted by atomic mass is 10.0. The number of anilines is 1. The predicted octanol–water partition coefficient (Wildman–Crippen LogP) is 4.24. The largest absolute Gasteiger partial charge is 0.507 e. The molecule has 0 aliphatic heterocycles. The minimum Gasteiger partial charge on any atom is -0.507 e. The van der Waals surface area contributed by atoms with Crippen molar-refractivity contribution in [2.24, 2.45) is 0 Å². The number of carbonyl (C=O) groups excluding carboxylic acids is 2. The standard InChI is InChI=1S/C20H12ClF3N2O4/c21-10-5-7-11(8-6-10)25-19(30)14-9-13(18(29)26-17(14)20(22,23)24)16(28)12-3-1-2-4-15(12)27/h1-9,27H,(H,25,30)(H,26,29). The summed E-state index contributed by atoms with van der Waals surface area (Å²) in [5.74, 6) is -2.70. The molecule has 1 aromatic heterocycles. The van der Waals surface area contributed by atoms with Crippen LogP contribution in [-0.2, 0) is 6.18 Å². The quantitative estimate of drug-likeness (QED) is 0.533. The van der Waals surface area contributed by atoms with E-state index in [1.807, 2.05) is 0 Å². The molecule has 154 valence electrons. The van der Waals surface area contributed by atoms with Crippen LogP contribution in [0.5, 0.6) is 5.75 Å². The molecule has 0 aliphatic rings. The number of phenolic OH excluding ortho intramolecular Hbond substituents is 1. The minimum atomic E-state index is -5.07. The Hall–Kier alpha value is -3.59. The molecule has 0 aliphatic carbocycles. The fraction of sp³-hybridized carbons (Fsp3) is 0.0500. The van der Waals surface area contributed by atoms with Gasteiger partial charge in [0, 0.05) is 10.7 Å². The van der Waals surface area contributed by atoms with Crippen molar-refractivity contribution in [1.82, 2.24) is 4.98 Å². The summed E-state index contributed by atoms with van der Waals surface area (Å²) in [5.41, 5.74) is -4.79. The SMILES string of the molecule is O=C(Nc1ccc(Cl)cc1)c1cc(C(=O)c2ccccc2O)c(=O)[nH]c1C(F)(F)F. The number of aromatic nitrogens is 1. The number of halogens is 4. The van der Waals surface area contributed by atoms with Crippen molar-refractivity contribution in [1.29, 1.82) is 0 Å². The van der Waals surface area contributed by atoms with Crippen LogP contribution >= 0.6 is 11.6 Å². The van der Waals surface area contributed by atoms with Crippen LogP contribution in [0, 0.1) is 0 Å². The summed E-state index contributed by atoms with van der Waals surface area (Å²) in [6.07, 6.45) is -5.07. The molecule has 0 radical (unpaired) electrons. The third-order valence-corrected chi connectivity index (χ3v) is 4.32. The van der Waals surface area contributed by atoms with Crippen molar-refractivity contribution in [3.63, 3.8) is 0 Å². The number of phenols is 1. The topological polar surface area (TPSA) is 99.3 Å². The Morgan fingerprint density at radius 3 is 2.20 bits per heavy atom. The second-order valence-corrected chi connectivity index (χ2v) is 6.54. The number of aromatic hydroxyl groups is 1. The molecular weight excluding hydrogens is 425 g/mol. The van der Waals surface area contributed by atoms with E-state index in [2.05, 4.69) is 5.32 Å². The summed E-state index contributed by atoms with van der Waals surface area (Å²) in [4.78, 5) is 38.9. The zero-order valence-electron chi connectivity index (χ0n) is 14.9. The van der Waals surface area contributed by atoms with Gasteiger partial charge >= 0.3 is 6.18 Å². The fourth-order valence-corrected chi connectivity index (χ4v) is 2.77. The van der Waals surface area contributed by atoms with E-state index in [0.717, 1.165) is 0 Å². The first-order chi connectivity index (χ1) is 14.1. The molecule has 0 spiro atoms. The van der Waals surface area contributed by atoms with E-state index in [1.54, 1.807) is 4.98 Å². The summed E-state index contributed by atoms with van der Waals surface area (Å²) in [7, 11) is 0. The van der Waals surface area contributed by atoms with E-state index >= 15 is 0 Å². The van der Waals surface area contributed by atoms with Gasteiger partial charge in [0.05, 0.1) is 16.7 Å². The first-order valence-corrected chi connectivity index (χ1v) is 8.70. The number of rotatable bonds is 4. The molecular formula is C20H12ClF3N2O4. The van der Waals surface area contributed by atoms with Gasteiger partial charge in [0.2, 0.25) is 5.78 Å².